The van der Waals surface area contributed by atoms with Crippen molar-refractivity contribution in [1.82, 2.24) is 10.6 Å². The fourth-order valence-electron chi connectivity index (χ4n) is 10.0. The molecule has 12 aromatic rings. The Morgan fingerprint density at radius 2 is 0.913 bits per heavy atom. The number of rotatable bonds is 9. The maximum atomic E-state index is 6.76. The van der Waals surface area contributed by atoms with Crippen molar-refractivity contribution in [3.8, 4) is 33.4 Å². The first-order chi connectivity index (χ1) is 34.2. The molecule has 3 heterocycles. The van der Waals surface area contributed by atoms with Crippen molar-refractivity contribution in [3.05, 3.63) is 259 Å². The Kier molecular flexibility index (Phi) is 9.95. The van der Waals surface area contributed by atoms with E-state index in [1.807, 2.05) is 12.1 Å². The third-order valence-corrected chi connectivity index (χ3v) is 13.4. The summed E-state index contributed by atoms with van der Waals surface area (Å²) < 4.78 is 13.4. The summed E-state index contributed by atoms with van der Waals surface area (Å²) >= 11 is 0. The number of hydrogen-bond donors (Lipinski definition) is 2. The van der Waals surface area contributed by atoms with Gasteiger partial charge in [-0.25, -0.2) is 4.99 Å². The summed E-state index contributed by atoms with van der Waals surface area (Å²) in [6, 6.07) is 85.2. The quantitative estimate of drug-likeness (QED) is 0.151. The molecule has 0 spiro atoms. The van der Waals surface area contributed by atoms with Crippen LogP contribution in [0.2, 0.25) is 0 Å². The number of nitrogens with one attached hydrogen (secondary N) is 2. The highest BCUT2D eigenvalue weighted by Gasteiger charge is 2.28. The number of furan rings is 2. The Morgan fingerprint density at radius 3 is 1.57 bits per heavy atom. The van der Waals surface area contributed by atoms with Gasteiger partial charge in [0.1, 0.15) is 40.5 Å². The monoisotopic (exact) mass is 888 g/mol. The highest BCUT2D eigenvalue weighted by Crippen LogP contribution is 2.44. The number of amidine groups is 1. The summed E-state index contributed by atoms with van der Waals surface area (Å²) in [6.07, 6.45) is -0.485. The van der Waals surface area contributed by atoms with Crippen LogP contribution in [-0.4, -0.2) is 5.84 Å². The summed E-state index contributed by atoms with van der Waals surface area (Å²) in [4.78, 5) is 7.48. The average molecular weight is 889 g/mol. The van der Waals surface area contributed by atoms with Crippen LogP contribution in [0, 0.1) is 0 Å². The van der Waals surface area contributed by atoms with E-state index in [1.165, 1.54) is 22.3 Å². The van der Waals surface area contributed by atoms with E-state index in [0.717, 1.165) is 94.6 Å². The first-order valence-electron chi connectivity index (χ1n) is 23.4. The second-order valence-electron chi connectivity index (χ2n) is 17.6. The zero-order valence-electron chi connectivity index (χ0n) is 37.5. The van der Waals surface area contributed by atoms with Crippen LogP contribution in [0.1, 0.15) is 29.0 Å². The molecular formula is C63H44N4O2. The predicted molar refractivity (Wildman–Crippen MR) is 283 cm³/mol. The second-order valence-corrected chi connectivity index (χ2v) is 17.6. The van der Waals surface area contributed by atoms with Gasteiger partial charge in [-0.2, -0.15) is 0 Å². The predicted octanol–water partition coefficient (Wildman–Crippen LogP) is 16.3. The molecule has 13 rings (SSSR count). The van der Waals surface area contributed by atoms with Gasteiger partial charge in [-0.3, -0.25) is 5.32 Å². The molecule has 2 unspecified atom stereocenters. The van der Waals surface area contributed by atoms with Crippen LogP contribution < -0.4 is 15.5 Å². The fourth-order valence-corrected chi connectivity index (χ4v) is 10.0. The lowest BCUT2D eigenvalue weighted by atomic mass is 9.97. The van der Waals surface area contributed by atoms with Gasteiger partial charge in [0.25, 0.3) is 0 Å². The molecule has 0 bridgehead atoms. The minimum atomic E-state index is -0.245. The molecular weight excluding hydrogens is 845 g/mol. The Hall–Kier alpha value is -8.97. The van der Waals surface area contributed by atoms with Gasteiger partial charge in [-0.05, 0) is 106 Å². The van der Waals surface area contributed by atoms with Crippen molar-refractivity contribution in [3.63, 3.8) is 0 Å². The summed E-state index contributed by atoms with van der Waals surface area (Å²) in [6.45, 7) is 0. The van der Waals surface area contributed by atoms with Gasteiger partial charge in [0.05, 0.1) is 0 Å². The molecule has 10 aromatic carbocycles. The van der Waals surface area contributed by atoms with Gasteiger partial charge in [-0.1, -0.05) is 176 Å². The molecule has 0 radical (unpaired) electrons. The van der Waals surface area contributed by atoms with Crippen molar-refractivity contribution < 1.29 is 8.83 Å². The van der Waals surface area contributed by atoms with E-state index in [-0.39, 0.29) is 12.3 Å². The van der Waals surface area contributed by atoms with Crippen molar-refractivity contribution in [1.29, 1.82) is 0 Å². The maximum Gasteiger partial charge on any atom is 0.136 e. The van der Waals surface area contributed by atoms with E-state index in [2.05, 4.69) is 246 Å². The van der Waals surface area contributed by atoms with Crippen molar-refractivity contribution in [2.24, 2.45) is 4.99 Å². The largest absolute Gasteiger partial charge is 0.456 e. The van der Waals surface area contributed by atoms with Gasteiger partial charge in [0, 0.05) is 49.7 Å². The Bertz CT molecular complexity index is 3740. The topological polar surface area (TPSA) is 65.9 Å². The van der Waals surface area contributed by atoms with E-state index in [4.69, 9.17) is 13.8 Å². The molecule has 0 amide bonds. The summed E-state index contributed by atoms with van der Waals surface area (Å²) in [5, 5.41) is 11.7. The molecule has 0 saturated heterocycles. The minimum absolute atomic E-state index is 0.240. The third-order valence-electron chi connectivity index (χ3n) is 13.4. The highest BCUT2D eigenvalue weighted by atomic mass is 16.3. The molecule has 0 saturated carbocycles. The molecule has 6 heteroatoms. The lowest BCUT2D eigenvalue weighted by Crippen LogP contribution is -2.45. The number of fused-ring (bicyclic) bond motifs is 6. The van der Waals surface area contributed by atoms with Crippen LogP contribution in [0.15, 0.2) is 256 Å². The van der Waals surface area contributed by atoms with Crippen molar-refractivity contribution in [2.75, 3.05) is 4.90 Å². The molecule has 2 atom stereocenters. The standard InChI is InChI=1S/C63H44N4O2/c1-5-15-41(16-6-1)43-27-32-48(33-28-43)67(49-34-29-44(30-35-49)42-17-7-2-8-18-42)50-36-38-55-54(40-50)59-51(23-13-25-56(59)68-55)47-31-37-52-58(39-47)69-57-26-14-24-53(60(52)57)63-65-61(45-19-9-3-10-20-45)64-62(66-63)46-21-11-4-12-22-46/h1-40,61,63,65H,(H,64,66). The maximum absolute atomic E-state index is 6.76. The van der Waals surface area contributed by atoms with Gasteiger partial charge in [-0.15, -0.1) is 0 Å². The normalized spacial score (nSPS) is 14.8. The average Bonchev–Trinajstić information content (AvgIpc) is 4.00. The Labute approximate surface area is 399 Å². The van der Waals surface area contributed by atoms with Gasteiger partial charge >= 0.3 is 0 Å². The molecule has 6 nitrogen and oxygen atoms in total. The molecule has 0 fully saturated rings. The minimum Gasteiger partial charge on any atom is -0.456 e. The Balaban J connectivity index is 0.900. The van der Waals surface area contributed by atoms with Crippen LogP contribution in [0.4, 0.5) is 17.1 Å². The second kappa shape index (κ2) is 17.0. The van der Waals surface area contributed by atoms with E-state index in [9.17, 15) is 0 Å². The van der Waals surface area contributed by atoms with Crippen LogP contribution in [0.3, 0.4) is 0 Å². The number of hydrogen-bond acceptors (Lipinski definition) is 6. The van der Waals surface area contributed by atoms with Crippen molar-refractivity contribution >= 4 is 66.8 Å². The van der Waals surface area contributed by atoms with Crippen LogP contribution >= 0.6 is 0 Å². The molecule has 1 aliphatic heterocycles. The molecule has 328 valence electrons. The summed E-state index contributed by atoms with van der Waals surface area (Å²) in [7, 11) is 0. The molecule has 0 aliphatic carbocycles. The highest BCUT2D eigenvalue weighted by molar-refractivity contribution is 6.15. The summed E-state index contributed by atoms with van der Waals surface area (Å²) in [5.74, 6) is 0.842. The Morgan fingerprint density at radius 1 is 0.377 bits per heavy atom. The van der Waals surface area contributed by atoms with Crippen molar-refractivity contribution in [2.45, 2.75) is 12.3 Å². The van der Waals surface area contributed by atoms with Gasteiger partial charge < -0.3 is 19.1 Å². The van der Waals surface area contributed by atoms with Gasteiger partial charge in [0.15, 0.2) is 0 Å². The zero-order valence-corrected chi connectivity index (χ0v) is 37.5. The third kappa shape index (κ3) is 7.40. The lowest BCUT2D eigenvalue weighted by Gasteiger charge is -2.32. The SMILES string of the molecule is c1ccc(C2=NC(c3ccccc3)NC(c3cccc4oc5cc(-c6cccc7oc8ccc(N(c9ccc(-c%10ccccc%10)cc9)c9ccc(-c%10ccccc%10)cc9)cc8c67)ccc5c34)N2)cc1. The molecule has 69 heavy (non-hydrogen) atoms. The van der Waals surface area contributed by atoms with E-state index >= 15 is 0 Å². The smallest absolute Gasteiger partial charge is 0.136 e. The first kappa shape index (κ1) is 40.3. The lowest BCUT2D eigenvalue weighted by molar-refractivity contribution is 0.411. The zero-order chi connectivity index (χ0) is 45.7. The van der Waals surface area contributed by atoms with Crippen LogP contribution in [-0.2, 0) is 0 Å². The molecule has 1 aliphatic rings. The van der Waals surface area contributed by atoms with Crippen LogP contribution in [0.25, 0.3) is 77.3 Å². The van der Waals surface area contributed by atoms with E-state index in [0.29, 0.717) is 0 Å². The van der Waals surface area contributed by atoms with Gasteiger partial charge in [0.2, 0.25) is 0 Å². The van der Waals surface area contributed by atoms with E-state index in [1.54, 1.807) is 0 Å². The van der Waals surface area contributed by atoms with Crippen LogP contribution in [0.5, 0.6) is 0 Å². The first-order valence-corrected chi connectivity index (χ1v) is 23.4. The van der Waals surface area contributed by atoms with E-state index < -0.39 is 0 Å². The number of aliphatic imine (C=N–C) groups is 1. The number of benzene rings is 10. The number of nitrogens with zero attached hydrogens (tertiary/aromatic N) is 2. The summed E-state index contributed by atoms with van der Waals surface area (Å²) in [5.41, 5.74) is 16.5. The number of anilines is 3. The molecule has 2 N–H and O–H groups in total. The fraction of sp³-hybridized carbons (Fsp3) is 0.0317. The molecule has 2 aromatic heterocycles.